The summed E-state index contributed by atoms with van der Waals surface area (Å²) >= 11 is 0. The number of allylic oxidation sites excluding steroid dienone is 4. The molecule has 2 aliphatic rings. The Balaban J connectivity index is -0.000000524. The fraction of sp³-hybridized carbons (Fsp3) is 0.615. The second-order valence-corrected chi connectivity index (χ2v) is 11.3. The van der Waals surface area contributed by atoms with E-state index < -0.39 is 0 Å². The van der Waals surface area contributed by atoms with Crippen molar-refractivity contribution in [2.24, 2.45) is 5.92 Å². The number of halogens is 3. The topological polar surface area (TPSA) is 0 Å². The first-order valence-electron chi connectivity index (χ1n) is 11.1. The molecule has 1 aromatic rings. The molecule has 1 aromatic carbocycles. The molecule has 177 valence electrons. The average Bonchev–Trinajstić information content (AvgIpc) is 2.93. The number of aryl methyl sites for hydroxylation is 2. The molecule has 5 heteroatoms. The van der Waals surface area contributed by atoms with E-state index in [2.05, 4.69) is 72.4 Å². The van der Waals surface area contributed by atoms with E-state index in [0.717, 1.165) is 5.54 Å². The molecule has 0 bridgehead atoms. The van der Waals surface area contributed by atoms with Crippen LogP contribution in [0.1, 0.15) is 84.8 Å². The van der Waals surface area contributed by atoms with Crippen molar-refractivity contribution in [2.75, 3.05) is 0 Å². The first-order chi connectivity index (χ1) is 12.9. The van der Waals surface area contributed by atoms with Crippen LogP contribution in [0.2, 0.25) is 12.1 Å². The summed E-state index contributed by atoms with van der Waals surface area (Å²) in [4.78, 5) is 0. The van der Waals surface area contributed by atoms with Crippen molar-refractivity contribution in [1.82, 2.24) is 0 Å². The van der Waals surface area contributed by atoms with Crippen molar-refractivity contribution in [2.45, 2.75) is 98.6 Å². The average molecular weight is 538 g/mol. The predicted molar refractivity (Wildman–Crippen MR) is 145 cm³/mol. The Morgan fingerprint density at radius 2 is 1.35 bits per heavy atom. The monoisotopic (exact) mass is 536 g/mol. The summed E-state index contributed by atoms with van der Waals surface area (Å²) < 4.78 is 0. The van der Waals surface area contributed by atoms with Gasteiger partial charge in [0.1, 0.15) is 0 Å². The summed E-state index contributed by atoms with van der Waals surface area (Å²) in [6.07, 6.45) is 13.1. The van der Waals surface area contributed by atoms with Crippen LogP contribution in [-0.2, 0) is 34.6 Å². The summed E-state index contributed by atoms with van der Waals surface area (Å²) in [5, 5.41) is 1.70. The summed E-state index contributed by atoms with van der Waals surface area (Å²) in [7, 11) is -0.332. The van der Waals surface area contributed by atoms with Crippen LogP contribution >= 0.6 is 37.2 Å². The molecule has 1 radical (unpaired) electrons. The fourth-order valence-electron chi connectivity index (χ4n) is 4.33. The van der Waals surface area contributed by atoms with Gasteiger partial charge in [0, 0.05) is 21.7 Å². The summed E-state index contributed by atoms with van der Waals surface area (Å²) in [5.74, 6) is 0.560. The van der Waals surface area contributed by atoms with Gasteiger partial charge in [-0.1, -0.05) is 103 Å². The van der Waals surface area contributed by atoms with Crippen LogP contribution in [0, 0.1) is 12.0 Å². The minimum absolute atomic E-state index is 0. The largest absolute Gasteiger partial charge is 0.266 e. The number of rotatable bonds is 4. The van der Waals surface area contributed by atoms with Gasteiger partial charge >= 0.3 is 0 Å². The molecule has 0 aliphatic heterocycles. The van der Waals surface area contributed by atoms with Crippen molar-refractivity contribution in [1.29, 1.82) is 0 Å². The second kappa shape index (κ2) is 17.9. The third-order valence-corrected chi connectivity index (χ3v) is 9.78. The molecule has 1 fully saturated rings. The molecule has 3 rings (SSSR count). The van der Waals surface area contributed by atoms with Gasteiger partial charge in [-0.05, 0) is 29.5 Å². The van der Waals surface area contributed by atoms with Crippen LogP contribution in [0.4, 0.5) is 0 Å². The van der Waals surface area contributed by atoms with Crippen LogP contribution < -0.4 is 5.19 Å². The molecule has 0 N–H and O–H groups in total. The van der Waals surface area contributed by atoms with Gasteiger partial charge in [0.15, 0.2) is 0 Å². The van der Waals surface area contributed by atoms with Gasteiger partial charge < -0.3 is 0 Å². The van der Waals surface area contributed by atoms with Gasteiger partial charge in [-0.2, -0.15) is 11.1 Å². The Morgan fingerprint density at radius 3 is 1.68 bits per heavy atom. The van der Waals surface area contributed by atoms with E-state index in [1.54, 1.807) is 16.3 Å². The molecular weight excluding hydrogens is 495 g/mol. The van der Waals surface area contributed by atoms with Crippen molar-refractivity contribution in [3.8, 4) is 0 Å². The minimum atomic E-state index is -0.332. The molecule has 1 unspecified atom stereocenters. The van der Waals surface area contributed by atoms with Crippen molar-refractivity contribution in [3.05, 3.63) is 52.1 Å². The molecule has 0 aromatic heterocycles. The van der Waals surface area contributed by atoms with Crippen LogP contribution in [0.25, 0.3) is 0 Å². The fourth-order valence-corrected chi connectivity index (χ4v) is 6.90. The summed E-state index contributed by atoms with van der Waals surface area (Å²) in [6.45, 7) is 15.8. The Hall–Kier alpha value is 0.501. The maximum Gasteiger partial charge on any atom is 0.0856 e. The van der Waals surface area contributed by atoms with E-state index in [0.29, 0.717) is 5.92 Å². The van der Waals surface area contributed by atoms with Gasteiger partial charge in [0.05, 0.1) is 8.80 Å². The standard InChI is InChI=1S/C17H27Si.C9H13.3ClH.Ti/c1-4-14-11-15(5-2)13-17(12-14)18(3)16-9-7-6-8-10-16;1-6-5-7(2)9(4)8(6)3;;;;/h11-13,16H,4-10H2,1-3H3;6H,1-4H3;3*1H;/q;-1;;;;. The Labute approximate surface area is 228 Å². The SMILES string of the molecule is CC1=[C-]C(C)C(C)=C1C.CCc1cc(CC)cc([Si](C)C2CCCCC2)c1.Cl.Cl.Cl.[Ti]. The zero-order valence-electron chi connectivity index (χ0n) is 20.6. The molecule has 2 aliphatic carbocycles. The first-order valence-corrected chi connectivity index (χ1v) is 13.2. The number of benzene rings is 1. The zero-order valence-corrected chi connectivity index (χ0v) is 25.6. The number of hydrogen-bond donors (Lipinski definition) is 0. The third kappa shape index (κ3) is 10.5. The van der Waals surface area contributed by atoms with Gasteiger partial charge in [0.2, 0.25) is 0 Å². The van der Waals surface area contributed by atoms with Gasteiger partial charge in [-0.3, -0.25) is 6.08 Å². The van der Waals surface area contributed by atoms with E-state index in [1.165, 1.54) is 61.7 Å². The van der Waals surface area contributed by atoms with Crippen molar-refractivity contribution < 1.29 is 21.7 Å². The molecule has 31 heavy (non-hydrogen) atoms. The normalized spacial score (nSPS) is 17.9. The molecule has 0 spiro atoms. The van der Waals surface area contributed by atoms with E-state index in [1.807, 2.05) is 0 Å². The molecule has 1 saturated carbocycles. The number of hydrogen-bond acceptors (Lipinski definition) is 0. The zero-order chi connectivity index (χ0) is 20.0. The van der Waals surface area contributed by atoms with E-state index >= 15 is 0 Å². The van der Waals surface area contributed by atoms with Gasteiger partial charge in [0.25, 0.3) is 0 Å². The summed E-state index contributed by atoms with van der Waals surface area (Å²) in [5.41, 5.74) is 8.37. The second-order valence-electron chi connectivity index (χ2n) is 8.56. The molecule has 0 amide bonds. The maximum atomic E-state index is 3.36. The molecule has 0 nitrogen and oxygen atoms in total. The van der Waals surface area contributed by atoms with Crippen LogP contribution in [0.3, 0.4) is 0 Å². The van der Waals surface area contributed by atoms with E-state index in [9.17, 15) is 0 Å². The van der Waals surface area contributed by atoms with Gasteiger partial charge in [-0.25, -0.2) is 5.57 Å². The quantitative estimate of drug-likeness (QED) is 0.267. The minimum Gasteiger partial charge on any atom is -0.266 e. The van der Waals surface area contributed by atoms with Crippen molar-refractivity contribution >= 4 is 51.2 Å². The molecular formula is C26H43Cl3SiTi-. The summed E-state index contributed by atoms with van der Waals surface area (Å²) in [6, 6.07) is 7.41. The Bertz CT molecular complexity index is 672. The molecule has 0 heterocycles. The smallest absolute Gasteiger partial charge is 0.0856 e. The Kier molecular flexibility index (Phi) is 20.8. The van der Waals surface area contributed by atoms with Gasteiger partial charge in [-0.15, -0.1) is 44.1 Å². The first kappa shape index (κ1) is 36.1. The molecule has 0 saturated heterocycles. The van der Waals surface area contributed by atoms with Crippen LogP contribution in [0.15, 0.2) is 34.9 Å². The van der Waals surface area contributed by atoms with E-state index in [4.69, 9.17) is 0 Å². The predicted octanol–water partition coefficient (Wildman–Crippen LogP) is 8.46. The van der Waals surface area contributed by atoms with Crippen LogP contribution in [0.5, 0.6) is 0 Å². The van der Waals surface area contributed by atoms with E-state index in [-0.39, 0.29) is 67.7 Å². The maximum absolute atomic E-state index is 3.36. The molecule has 1 atom stereocenters. The van der Waals surface area contributed by atoms with Crippen molar-refractivity contribution in [3.63, 3.8) is 0 Å². The third-order valence-electron chi connectivity index (χ3n) is 6.78. The van der Waals surface area contributed by atoms with Crippen LogP contribution in [-0.4, -0.2) is 8.80 Å². The Morgan fingerprint density at radius 1 is 0.871 bits per heavy atom.